The molecule has 160 valence electrons. The van der Waals surface area contributed by atoms with E-state index in [0.717, 1.165) is 4.90 Å². The van der Waals surface area contributed by atoms with Crippen LogP contribution in [0.2, 0.25) is 5.02 Å². The third kappa shape index (κ3) is 5.78. The fourth-order valence-electron chi connectivity index (χ4n) is 2.55. The topological polar surface area (TPSA) is 104 Å². The van der Waals surface area contributed by atoms with Gasteiger partial charge in [0.25, 0.3) is 21.8 Å². The molecule has 7 nitrogen and oxygen atoms in total. The predicted octanol–water partition coefficient (Wildman–Crippen LogP) is 3.94. The average molecular weight is 476 g/mol. The summed E-state index contributed by atoms with van der Waals surface area (Å²) in [5.74, 6) is -1.16. The molecule has 0 atom stereocenters. The Kier molecular flexibility index (Phi) is 7.21. The van der Waals surface area contributed by atoms with Gasteiger partial charge in [0, 0.05) is 16.0 Å². The second kappa shape index (κ2) is 9.86. The van der Waals surface area contributed by atoms with E-state index in [1.807, 2.05) is 6.26 Å². The van der Waals surface area contributed by atoms with E-state index >= 15 is 0 Å². The van der Waals surface area contributed by atoms with E-state index in [1.165, 1.54) is 30.3 Å². The summed E-state index contributed by atoms with van der Waals surface area (Å²) in [4.78, 5) is 25.5. The Morgan fingerprint density at radius 3 is 2.13 bits per heavy atom. The largest absolute Gasteiger partial charge is 0.278 e. The third-order valence-electron chi connectivity index (χ3n) is 4.17. The summed E-state index contributed by atoms with van der Waals surface area (Å²) in [5, 5.41) is 0.244. The number of benzene rings is 3. The summed E-state index contributed by atoms with van der Waals surface area (Å²) in [6.07, 6.45) is 1.92. The van der Waals surface area contributed by atoms with Crippen LogP contribution in [0.25, 0.3) is 0 Å². The summed E-state index contributed by atoms with van der Waals surface area (Å²) in [6.45, 7) is 0. The highest BCUT2D eigenvalue weighted by atomic mass is 35.5. The number of hydrogen-bond donors (Lipinski definition) is 3. The van der Waals surface area contributed by atoms with E-state index in [4.69, 9.17) is 11.6 Å². The van der Waals surface area contributed by atoms with Crippen LogP contribution in [0.15, 0.2) is 82.6 Å². The van der Waals surface area contributed by atoms with Crippen LogP contribution in [0, 0.1) is 0 Å². The van der Waals surface area contributed by atoms with E-state index in [0.29, 0.717) is 5.56 Å². The summed E-state index contributed by atoms with van der Waals surface area (Å²) in [6, 6.07) is 18.7. The van der Waals surface area contributed by atoms with Crippen LogP contribution < -0.4 is 15.6 Å². The maximum Gasteiger partial charge on any atom is 0.269 e. The first-order valence-corrected chi connectivity index (χ1v) is 12.0. The molecule has 0 aromatic heterocycles. The fourth-order valence-corrected chi connectivity index (χ4v) is 4.32. The maximum absolute atomic E-state index is 12.7. The van der Waals surface area contributed by atoms with Gasteiger partial charge in [0.2, 0.25) is 0 Å². The lowest BCUT2D eigenvalue weighted by molar-refractivity contribution is 0.0846. The molecule has 0 aliphatic rings. The molecule has 0 aliphatic heterocycles. The Hall–Kier alpha value is -3.01. The second-order valence-electron chi connectivity index (χ2n) is 6.25. The van der Waals surface area contributed by atoms with Gasteiger partial charge in [-0.15, -0.1) is 11.8 Å². The van der Waals surface area contributed by atoms with Gasteiger partial charge >= 0.3 is 0 Å². The molecule has 3 aromatic carbocycles. The van der Waals surface area contributed by atoms with Crippen LogP contribution in [-0.2, 0) is 10.0 Å². The highest BCUT2D eigenvalue weighted by Crippen LogP contribution is 2.24. The molecule has 0 aliphatic carbocycles. The normalized spacial score (nSPS) is 10.9. The van der Waals surface area contributed by atoms with E-state index in [2.05, 4.69) is 15.6 Å². The van der Waals surface area contributed by atoms with Crippen molar-refractivity contribution in [1.29, 1.82) is 0 Å². The standard InChI is InChI=1S/C21H18ClN3O4S2/c1-30-16-11-9-14(10-12-16)20(26)23-24-21(27)15-5-4-6-17(13-15)31(28,29)25-19-8-3-2-7-18(19)22/h2-13,25H,1H3,(H,23,26)(H,24,27). The minimum Gasteiger partial charge on any atom is -0.278 e. The van der Waals surface area contributed by atoms with Crippen LogP contribution in [0.1, 0.15) is 20.7 Å². The quantitative estimate of drug-likeness (QED) is 0.370. The van der Waals surface area contributed by atoms with Gasteiger partial charge in [-0.3, -0.25) is 25.2 Å². The van der Waals surface area contributed by atoms with Crippen molar-refractivity contribution < 1.29 is 18.0 Å². The van der Waals surface area contributed by atoms with Crippen LogP contribution in [0.4, 0.5) is 5.69 Å². The molecule has 2 amide bonds. The van der Waals surface area contributed by atoms with Crippen molar-refractivity contribution in [2.75, 3.05) is 11.0 Å². The summed E-state index contributed by atoms with van der Waals surface area (Å²) >= 11 is 7.55. The average Bonchev–Trinajstić information content (AvgIpc) is 2.79. The SMILES string of the molecule is CSc1ccc(C(=O)NNC(=O)c2cccc(S(=O)(=O)Nc3ccccc3Cl)c2)cc1. The monoisotopic (exact) mass is 475 g/mol. The lowest BCUT2D eigenvalue weighted by Crippen LogP contribution is -2.41. The Morgan fingerprint density at radius 1 is 0.839 bits per heavy atom. The molecule has 0 bridgehead atoms. The van der Waals surface area contributed by atoms with Gasteiger partial charge in [-0.25, -0.2) is 8.42 Å². The smallest absolute Gasteiger partial charge is 0.269 e. The second-order valence-corrected chi connectivity index (χ2v) is 9.22. The molecule has 3 aromatic rings. The number of nitrogens with one attached hydrogen (secondary N) is 3. The first-order valence-electron chi connectivity index (χ1n) is 8.92. The highest BCUT2D eigenvalue weighted by molar-refractivity contribution is 7.98. The first-order chi connectivity index (χ1) is 14.8. The lowest BCUT2D eigenvalue weighted by atomic mass is 10.2. The Labute approximate surface area is 189 Å². The molecule has 0 fully saturated rings. The van der Waals surface area contributed by atoms with Gasteiger partial charge in [-0.05, 0) is 60.9 Å². The van der Waals surface area contributed by atoms with Gasteiger partial charge in [0.05, 0.1) is 15.6 Å². The minimum atomic E-state index is -3.98. The number of sulfonamides is 1. The van der Waals surface area contributed by atoms with Crippen LogP contribution >= 0.6 is 23.4 Å². The van der Waals surface area contributed by atoms with Crippen molar-refractivity contribution in [3.8, 4) is 0 Å². The molecule has 0 saturated carbocycles. The van der Waals surface area contributed by atoms with Crippen molar-refractivity contribution in [2.45, 2.75) is 9.79 Å². The molecule has 0 saturated heterocycles. The van der Waals surface area contributed by atoms with Gasteiger partial charge in [-0.2, -0.15) is 0 Å². The summed E-state index contributed by atoms with van der Waals surface area (Å²) in [7, 11) is -3.98. The van der Waals surface area contributed by atoms with Crippen molar-refractivity contribution in [3.05, 3.63) is 88.9 Å². The molecule has 0 spiro atoms. The number of halogens is 1. The molecule has 3 rings (SSSR count). The lowest BCUT2D eigenvalue weighted by Gasteiger charge is -2.11. The minimum absolute atomic E-state index is 0.0556. The zero-order valence-corrected chi connectivity index (χ0v) is 18.6. The van der Waals surface area contributed by atoms with E-state index in [-0.39, 0.29) is 21.2 Å². The van der Waals surface area contributed by atoms with Crippen molar-refractivity contribution >= 4 is 50.9 Å². The summed E-state index contributed by atoms with van der Waals surface area (Å²) < 4.78 is 27.7. The van der Waals surface area contributed by atoms with Gasteiger partial charge in [0.1, 0.15) is 0 Å². The number of carbonyl (C=O) groups is 2. The predicted molar refractivity (Wildman–Crippen MR) is 122 cm³/mol. The summed E-state index contributed by atoms with van der Waals surface area (Å²) in [5.41, 5.74) is 5.25. The van der Waals surface area contributed by atoms with Crippen LogP contribution in [0.3, 0.4) is 0 Å². The van der Waals surface area contributed by atoms with Crippen LogP contribution in [0.5, 0.6) is 0 Å². The molecular weight excluding hydrogens is 458 g/mol. The Morgan fingerprint density at radius 2 is 1.48 bits per heavy atom. The third-order valence-corrected chi connectivity index (χ3v) is 6.60. The van der Waals surface area contributed by atoms with E-state index < -0.39 is 21.8 Å². The number of rotatable bonds is 6. The highest BCUT2D eigenvalue weighted by Gasteiger charge is 2.18. The fraction of sp³-hybridized carbons (Fsp3) is 0.0476. The number of para-hydroxylation sites is 1. The first kappa shape index (κ1) is 22.7. The molecule has 0 heterocycles. The van der Waals surface area contributed by atoms with Gasteiger partial charge in [0.15, 0.2) is 0 Å². The number of anilines is 1. The molecule has 10 heteroatoms. The van der Waals surface area contributed by atoms with Crippen molar-refractivity contribution in [3.63, 3.8) is 0 Å². The zero-order chi connectivity index (χ0) is 22.4. The van der Waals surface area contributed by atoms with E-state index in [9.17, 15) is 18.0 Å². The van der Waals surface area contributed by atoms with Gasteiger partial charge in [-0.1, -0.05) is 29.8 Å². The molecule has 0 unspecified atom stereocenters. The van der Waals surface area contributed by atoms with Crippen molar-refractivity contribution in [2.24, 2.45) is 0 Å². The van der Waals surface area contributed by atoms with E-state index in [1.54, 1.807) is 54.2 Å². The molecule has 31 heavy (non-hydrogen) atoms. The number of thioether (sulfide) groups is 1. The Bertz CT molecular complexity index is 1220. The molecule has 0 radical (unpaired) electrons. The maximum atomic E-state index is 12.7. The number of hydrogen-bond acceptors (Lipinski definition) is 5. The van der Waals surface area contributed by atoms with Gasteiger partial charge < -0.3 is 0 Å². The zero-order valence-electron chi connectivity index (χ0n) is 16.3. The number of hydrazine groups is 1. The molecular formula is C21H18ClN3O4S2. The molecule has 3 N–H and O–H groups in total. The number of carbonyl (C=O) groups excluding carboxylic acids is 2. The Balaban J connectivity index is 1.69. The van der Waals surface area contributed by atoms with Crippen molar-refractivity contribution in [1.82, 2.24) is 10.9 Å². The van der Waals surface area contributed by atoms with Crippen LogP contribution in [-0.4, -0.2) is 26.5 Å². The number of amides is 2.